The van der Waals surface area contributed by atoms with E-state index in [2.05, 4.69) is 39.3 Å². The highest BCUT2D eigenvalue weighted by molar-refractivity contribution is 9.09. The van der Waals surface area contributed by atoms with Gasteiger partial charge in [-0.3, -0.25) is 24.1 Å². The maximum Gasteiger partial charge on any atom is 0.313 e. The molecule has 4 aliphatic heterocycles. The molecule has 49 heavy (non-hydrogen) atoms. The van der Waals surface area contributed by atoms with E-state index >= 15 is 0 Å². The first-order chi connectivity index (χ1) is 23.6. The molecule has 0 aliphatic carbocycles. The van der Waals surface area contributed by atoms with Crippen LogP contribution in [-0.2, 0) is 33.4 Å². The fourth-order valence-electron chi connectivity index (χ4n) is 7.83. The van der Waals surface area contributed by atoms with Crippen molar-refractivity contribution in [3.63, 3.8) is 0 Å². The van der Waals surface area contributed by atoms with Gasteiger partial charge in [0.05, 0.1) is 49.8 Å². The first-order valence-electron chi connectivity index (χ1n) is 17.2. The summed E-state index contributed by atoms with van der Waals surface area (Å²) in [5, 5.41) is 13.2. The number of nitrogens with zero attached hydrogens (tertiary/aromatic N) is 3. The van der Waals surface area contributed by atoms with Gasteiger partial charge in [0.1, 0.15) is 17.7 Å². The van der Waals surface area contributed by atoms with Crippen molar-refractivity contribution in [1.29, 1.82) is 0 Å². The number of carbonyl (C=O) groups is 4. The molecule has 1 aromatic rings. The van der Waals surface area contributed by atoms with Gasteiger partial charge in [-0.1, -0.05) is 58.4 Å². The summed E-state index contributed by atoms with van der Waals surface area (Å²) >= 11 is 3.72. The van der Waals surface area contributed by atoms with Crippen molar-refractivity contribution in [3.05, 3.63) is 61.2 Å². The molecule has 268 valence electrons. The number of halogens is 1. The summed E-state index contributed by atoms with van der Waals surface area (Å²) in [6, 6.07) is 6.78. The molecule has 12 nitrogen and oxygen atoms in total. The highest BCUT2D eigenvalue weighted by atomic mass is 79.9. The van der Waals surface area contributed by atoms with Crippen LogP contribution in [-0.4, -0.2) is 131 Å². The zero-order valence-corrected chi connectivity index (χ0v) is 30.0. The van der Waals surface area contributed by atoms with Crippen molar-refractivity contribution in [2.75, 3.05) is 52.5 Å². The highest BCUT2D eigenvalue weighted by Gasteiger charge is 2.77. The van der Waals surface area contributed by atoms with E-state index in [0.717, 1.165) is 13.1 Å². The van der Waals surface area contributed by atoms with Crippen LogP contribution in [0.15, 0.2) is 55.6 Å². The van der Waals surface area contributed by atoms with Gasteiger partial charge in [-0.05, 0) is 32.3 Å². The summed E-state index contributed by atoms with van der Waals surface area (Å²) in [6.45, 7) is 14.7. The molecule has 4 heterocycles. The third kappa shape index (κ3) is 7.51. The van der Waals surface area contributed by atoms with Crippen LogP contribution >= 0.6 is 15.9 Å². The van der Waals surface area contributed by atoms with E-state index in [-0.39, 0.29) is 36.2 Å². The minimum atomic E-state index is -1.31. The van der Waals surface area contributed by atoms with E-state index in [0.29, 0.717) is 44.7 Å². The number of fused-ring (bicyclic) bond motifs is 1. The normalized spacial score (nSPS) is 29.5. The summed E-state index contributed by atoms with van der Waals surface area (Å²) in [5.41, 5.74) is -0.631. The molecule has 0 radical (unpaired) electrons. The third-order valence-corrected chi connectivity index (χ3v) is 11.1. The fraction of sp³-hybridized carbons (Fsp3) is 0.611. The minimum Gasteiger partial charge on any atom is -0.455 e. The summed E-state index contributed by atoms with van der Waals surface area (Å²) in [7, 11) is 0. The molecule has 1 spiro atoms. The van der Waals surface area contributed by atoms with Gasteiger partial charge < -0.3 is 34.4 Å². The van der Waals surface area contributed by atoms with Crippen LogP contribution in [0.5, 0.6) is 0 Å². The number of nitrogens with one attached hydrogen (secondary N) is 1. The number of esters is 1. The first-order valence-corrected chi connectivity index (χ1v) is 18.1. The molecular weight excluding hydrogens is 696 g/mol. The number of aliphatic hydroxyl groups excluding tert-OH is 1. The Hall–Kier alpha value is -3.10. The Morgan fingerprint density at radius 3 is 2.55 bits per heavy atom. The molecular formula is C36H49BrN4O8. The molecule has 0 saturated carbocycles. The Morgan fingerprint density at radius 2 is 1.90 bits per heavy atom. The van der Waals surface area contributed by atoms with Crippen molar-refractivity contribution < 1.29 is 38.5 Å². The lowest BCUT2D eigenvalue weighted by Crippen LogP contribution is -2.59. The van der Waals surface area contributed by atoms with E-state index < -0.39 is 59.6 Å². The van der Waals surface area contributed by atoms with E-state index in [1.54, 1.807) is 30.9 Å². The second-order valence-corrected chi connectivity index (χ2v) is 14.6. The number of morpholine rings is 1. The van der Waals surface area contributed by atoms with E-state index in [9.17, 15) is 24.3 Å². The van der Waals surface area contributed by atoms with Crippen LogP contribution in [0, 0.1) is 11.8 Å². The zero-order valence-electron chi connectivity index (χ0n) is 28.4. The summed E-state index contributed by atoms with van der Waals surface area (Å²) in [6.07, 6.45) is 2.83. The predicted octanol–water partition coefficient (Wildman–Crippen LogP) is 2.22. The Morgan fingerprint density at radius 1 is 1.18 bits per heavy atom. The molecule has 4 fully saturated rings. The number of rotatable bonds is 16. The number of hydrogen-bond donors (Lipinski definition) is 2. The number of ether oxygens (including phenoxy) is 3. The Labute approximate surface area is 296 Å². The van der Waals surface area contributed by atoms with Crippen LogP contribution < -0.4 is 5.32 Å². The van der Waals surface area contributed by atoms with Gasteiger partial charge in [0.15, 0.2) is 0 Å². The second-order valence-electron chi connectivity index (χ2n) is 13.4. The lowest BCUT2D eigenvalue weighted by molar-refractivity contribution is -0.162. The van der Waals surface area contributed by atoms with Gasteiger partial charge >= 0.3 is 5.97 Å². The highest BCUT2D eigenvalue weighted by Crippen LogP contribution is 2.61. The maximum atomic E-state index is 14.6. The van der Waals surface area contributed by atoms with Gasteiger partial charge in [-0.25, -0.2) is 0 Å². The van der Waals surface area contributed by atoms with Gasteiger partial charge in [-0.15, -0.1) is 13.2 Å². The molecule has 1 unspecified atom stereocenters. The molecule has 9 atom stereocenters. The average molecular weight is 746 g/mol. The number of allylic oxidation sites excluding steroid dienone is 1. The number of aliphatic hydroxyl groups is 1. The Kier molecular flexibility index (Phi) is 12.3. The molecule has 4 saturated heterocycles. The van der Waals surface area contributed by atoms with Crippen molar-refractivity contribution in [3.8, 4) is 0 Å². The molecule has 5 rings (SSSR count). The molecule has 2 bridgehead atoms. The monoisotopic (exact) mass is 744 g/mol. The molecule has 0 aromatic heterocycles. The largest absolute Gasteiger partial charge is 0.455 e. The number of amides is 3. The van der Waals surface area contributed by atoms with Crippen LogP contribution in [0.2, 0.25) is 0 Å². The topological polar surface area (TPSA) is 138 Å². The summed E-state index contributed by atoms with van der Waals surface area (Å²) < 4.78 is 18.4. The third-order valence-electron chi connectivity index (χ3n) is 10.2. The van der Waals surface area contributed by atoms with Crippen LogP contribution in [0.4, 0.5) is 0 Å². The Balaban J connectivity index is 1.44. The van der Waals surface area contributed by atoms with Crippen LogP contribution in [0.3, 0.4) is 0 Å². The molecule has 13 heteroatoms. The lowest BCUT2D eigenvalue weighted by Gasteiger charge is -2.39. The standard InChI is InChI=1S/C36H49BrN4O8/c1-5-7-13-27(43)38-24(4)30(25-11-9-8-10-12-25)48-35(46)28-29-33(44)41(23(3)22-42)32(36(29)21-26(37)31(28)49-36)34(45)40(14-6-2)16-15-39-17-19-47-20-18-39/h5-6,8-12,23-24,26,28-32,42H,1-2,7,13-22H2,3-4H3,(H,38,43)/t23-,24+,26?,28-,29+,30+,31-,32-,36+/m1/s1. The summed E-state index contributed by atoms with van der Waals surface area (Å²) in [4.78, 5) is 61.1. The first kappa shape index (κ1) is 37.2. The van der Waals surface area contributed by atoms with Gasteiger partial charge in [-0.2, -0.15) is 0 Å². The average Bonchev–Trinajstić information content (AvgIpc) is 3.71. The lowest BCUT2D eigenvalue weighted by atomic mass is 9.70. The van der Waals surface area contributed by atoms with Crippen molar-refractivity contribution in [2.45, 2.75) is 73.9 Å². The van der Waals surface area contributed by atoms with Crippen molar-refractivity contribution in [2.24, 2.45) is 11.8 Å². The zero-order chi connectivity index (χ0) is 35.3. The van der Waals surface area contributed by atoms with Gasteiger partial charge in [0, 0.05) is 44.0 Å². The molecule has 1 aromatic carbocycles. The second kappa shape index (κ2) is 16.3. The summed E-state index contributed by atoms with van der Waals surface area (Å²) in [5.74, 6) is -3.59. The molecule has 3 amide bonds. The quantitative estimate of drug-likeness (QED) is 0.148. The van der Waals surface area contributed by atoms with Crippen molar-refractivity contribution in [1.82, 2.24) is 20.0 Å². The SMILES string of the molecule is C=CCCC(=O)N[C@@H](C)[C@H](OC(=O)[C@H]1[C@@H]2O[C@@]3(CC2Br)[C@@H]1C(=O)N([C@H](C)CO)[C@@H]3C(=O)N(CC=C)CCN1CCOCC1)c1ccccc1. The predicted molar refractivity (Wildman–Crippen MR) is 185 cm³/mol. The number of benzene rings is 1. The minimum absolute atomic E-state index is 0.203. The Bertz CT molecular complexity index is 1380. The van der Waals surface area contributed by atoms with Gasteiger partial charge in [0.25, 0.3) is 0 Å². The number of hydrogen-bond acceptors (Lipinski definition) is 9. The molecule has 2 N–H and O–H groups in total. The number of carbonyl (C=O) groups excluding carboxylic acids is 4. The van der Waals surface area contributed by atoms with Crippen LogP contribution in [0.1, 0.15) is 44.8 Å². The molecule has 4 aliphatic rings. The van der Waals surface area contributed by atoms with E-state index in [1.807, 2.05) is 30.3 Å². The van der Waals surface area contributed by atoms with Crippen molar-refractivity contribution >= 4 is 39.6 Å². The number of alkyl halides is 1. The van der Waals surface area contributed by atoms with E-state index in [1.165, 1.54) is 4.90 Å². The van der Waals surface area contributed by atoms with Crippen LogP contribution in [0.25, 0.3) is 0 Å². The fourth-order valence-corrected chi connectivity index (χ4v) is 8.77. The number of likely N-dealkylation sites (tertiary alicyclic amines) is 1. The van der Waals surface area contributed by atoms with Gasteiger partial charge in [0.2, 0.25) is 17.7 Å². The maximum absolute atomic E-state index is 14.6. The van der Waals surface area contributed by atoms with E-state index in [4.69, 9.17) is 14.2 Å². The smallest absolute Gasteiger partial charge is 0.313 e.